The summed E-state index contributed by atoms with van der Waals surface area (Å²) in [5.74, 6) is 0.914. The molecule has 0 spiro atoms. The Morgan fingerprint density at radius 2 is 1.83 bits per heavy atom. The topological polar surface area (TPSA) is 66.7 Å². The molecule has 8 nitrogen and oxygen atoms in total. The summed E-state index contributed by atoms with van der Waals surface area (Å²) in [6, 6.07) is 6.03. The first-order chi connectivity index (χ1) is 17.1. The van der Waals surface area contributed by atoms with Gasteiger partial charge in [-0.3, -0.25) is 4.57 Å². The summed E-state index contributed by atoms with van der Waals surface area (Å²) in [5, 5.41) is 1.75. The van der Waals surface area contributed by atoms with E-state index in [1.807, 2.05) is 39.0 Å². The summed E-state index contributed by atoms with van der Waals surface area (Å²) in [7, 11) is 0. The van der Waals surface area contributed by atoms with Crippen molar-refractivity contribution in [3.05, 3.63) is 41.3 Å². The molecule has 1 aromatic carbocycles. The van der Waals surface area contributed by atoms with E-state index in [4.69, 9.17) is 26.3 Å². The van der Waals surface area contributed by atoms with Crippen LogP contribution in [0.4, 0.5) is 16.3 Å². The number of nitrogens with zero attached hydrogens (tertiary/aromatic N) is 6. The van der Waals surface area contributed by atoms with E-state index in [0.717, 1.165) is 46.9 Å². The molecule has 3 aromatic rings. The molecule has 5 rings (SSSR count). The van der Waals surface area contributed by atoms with Gasteiger partial charge >= 0.3 is 6.09 Å². The average Bonchev–Trinajstić information content (AvgIpc) is 3.47. The van der Waals surface area contributed by atoms with E-state index >= 15 is 0 Å². The Labute approximate surface area is 217 Å². The molecule has 0 unspecified atom stereocenters. The van der Waals surface area contributed by atoms with Gasteiger partial charge in [-0.05, 0) is 65.2 Å². The number of carbonyl (C=O) groups excluding carboxylic acids is 1. The minimum absolute atomic E-state index is 0.0760. The number of anilines is 2. The van der Waals surface area contributed by atoms with Crippen LogP contribution in [-0.2, 0) is 4.74 Å². The summed E-state index contributed by atoms with van der Waals surface area (Å²) < 4.78 is 7.77. The lowest BCUT2D eigenvalue weighted by Crippen LogP contribution is -2.54. The number of carbonyl (C=O) groups is 1. The van der Waals surface area contributed by atoms with Crippen LogP contribution in [0.3, 0.4) is 0 Å². The highest BCUT2D eigenvalue weighted by Crippen LogP contribution is 2.39. The van der Waals surface area contributed by atoms with Gasteiger partial charge in [0, 0.05) is 50.0 Å². The molecule has 2 saturated heterocycles. The Balaban J connectivity index is 1.55. The second-order valence-corrected chi connectivity index (χ2v) is 11.3. The van der Waals surface area contributed by atoms with Gasteiger partial charge in [-0.15, -0.1) is 0 Å². The highest BCUT2D eigenvalue weighted by molar-refractivity contribution is 6.30. The van der Waals surface area contributed by atoms with Crippen molar-refractivity contribution in [2.75, 3.05) is 42.5 Å². The van der Waals surface area contributed by atoms with Gasteiger partial charge in [0.25, 0.3) is 0 Å². The number of benzene rings is 1. The van der Waals surface area contributed by atoms with Gasteiger partial charge in [0.2, 0.25) is 0 Å². The molecule has 0 radical (unpaired) electrons. The Morgan fingerprint density at radius 1 is 1.08 bits per heavy atom. The standard InChI is InChI=1S/C27H35ClN6O2/c1-18-8-9-20(28)14-21(18)34-16-22(31-10-6-7-11-31)23-24(29-17-30-25(23)34)33-13-12-32(15-19(33)2)26(35)36-27(3,4)5/h8-9,14,16-17,19H,6-7,10-13,15H2,1-5H3/t19-/m0/s1. The monoisotopic (exact) mass is 510 g/mol. The summed E-state index contributed by atoms with van der Waals surface area (Å²) in [5.41, 5.74) is 3.66. The van der Waals surface area contributed by atoms with Crippen molar-refractivity contribution in [2.45, 2.75) is 59.1 Å². The number of fused-ring (bicyclic) bond motifs is 1. The summed E-state index contributed by atoms with van der Waals surface area (Å²) in [6.07, 6.45) is 5.93. The molecule has 2 aliphatic rings. The fourth-order valence-electron chi connectivity index (χ4n) is 5.23. The summed E-state index contributed by atoms with van der Waals surface area (Å²) in [4.78, 5) is 28.8. The molecule has 4 heterocycles. The van der Waals surface area contributed by atoms with E-state index in [2.05, 4.69) is 34.4 Å². The van der Waals surface area contributed by atoms with Gasteiger partial charge in [-0.2, -0.15) is 0 Å². The van der Waals surface area contributed by atoms with Crippen molar-refractivity contribution in [3.8, 4) is 5.69 Å². The minimum Gasteiger partial charge on any atom is -0.444 e. The average molecular weight is 511 g/mol. The van der Waals surface area contributed by atoms with Crippen LogP contribution < -0.4 is 9.80 Å². The summed E-state index contributed by atoms with van der Waals surface area (Å²) >= 11 is 6.40. The lowest BCUT2D eigenvalue weighted by molar-refractivity contribution is 0.0218. The molecule has 192 valence electrons. The van der Waals surface area contributed by atoms with Crippen LogP contribution in [-0.4, -0.2) is 69.9 Å². The maximum absolute atomic E-state index is 12.7. The van der Waals surface area contributed by atoms with Crippen LogP contribution in [0.2, 0.25) is 5.02 Å². The Bertz CT molecular complexity index is 1280. The minimum atomic E-state index is -0.512. The van der Waals surface area contributed by atoms with Crippen LogP contribution in [0.5, 0.6) is 0 Å². The highest BCUT2D eigenvalue weighted by Gasteiger charge is 2.33. The molecular weight excluding hydrogens is 476 g/mol. The van der Waals surface area contributed by atoms with Gasteiger partial charge in [0.15, 0.2) is 5.65 Å². The number of hydrogen-bond acceptors (Lipinski definition) is 6. The van der Waals surface area contributed by atoms with Gasteiger partial charge < -0.3 is 19.4 Å². The smallest absolute Gasteiger partial charge is 0.410 e. The summed E-state index contributed by atoms with van der Waals surface area (Å²) in [6.45, 7) is 13.8. The Kier molecular flexibility index (Phi) is 6.49. The third kappa shape index (κ3) is 4.71. The van der Waals surface area contributed by atoms with Gasteiger partial charge in [0.1, 0.15) is 17.7 Å². The third-order valence-electron chi connectivity index (χ3n) is 6.97. The predicted octanol–water partition coefficient (Wildman–Crippen LogP) is 5.43. The largest absolute Gasteiger partial charge is 0.444 e. The zero-order chi connectivity index (χ0) is 25.6. The number of halogens is 1. The number of ether oxygens (including phenoxy) is 1. The second-order valence-electron chi connectivity index (χ2n) is 10.9. The Hall–Kier alpha value is -3.00. The number of rotatable bonds is 3. The third-order valence-corrected chi connectivity index (χ3v) is 7.21. The normalized spacial score (nSPS) is 18.8. The van der Waals surface area contributed by atoms with Crippen molar-refractivity contribution < 1.29 is 9.53 Å². The fraction of sp³-hybridized carbons (Fsp3) is 0.519. The van der Waals surface area contributed by atoms with Crippen LogP contribution in [0.25, 0.3) is 16.7 Å². The van der Waals surface area contributed by atoms with Crippen molar-refractivity contribution in [2.24, 2.45) is 0 Å². The molecule has 0 bridgehead atoms. The lowest BCUT2D eigenvalue weighted by atomic mass is 10.1. The molecule has 1 amide bonds. The van der Waals surface area contributed by atoms with Crippen molar-refractivity contribution in [3.63, 3.8) is 0 Å². The SMILES string of the molecule is Cc1ccc(Cl)cc1-n1cc(N2CCCC2)c2c(N3CCN(C(=O)OC(C)(C)C)C[C@@H]3C)ncnc21. The molecule has 9 heteroatoms. The molecule has 2 aliphatic heterocycles. The van der Waals surface area contributed by atoms with Gasteiger partial charge in [0.05, 0.1) is 16.8 Å². The fourth-order valence-corrected chi connectivity index (χ4v) is 5.40. The zero-order valence-electron chi connectivity index (χ0n) is 21.8. The maximum atomic E-state index is 12.7. The molecule has 2 fully saturated rings. The number of piperazine rings is 1. The molecule has 0 aliphatic carbocycles. The number of aryl methyl sites for hydroxylation is 1. The van der Waals surface area contributed by atoms with Crippen LogP contribution in [0.1, 0.15) is 46.1 Å². The van der Waals surface area contributed by atoms with E-state index in [9.17, 15) is 4.79 Å². The van der Waals surface area contributed by atoms with Gasteiger partial charge in [-0.1, -0.05) is 17.7 Å². The highest BCUT2D eigenvalue weighted by atomic mass is 35.5. The van der Waals surface area contributed by atoms with Gasteiger partial charge in [-0.25, -0.2) is 14.8 Å². The predicted molar refractivity (Wildman–Crippen MR) is 145 cm³/mol. The van der Waals surface area contributed by atoms with E-state index in [1.54, 1.807) is 11.2 Å². The first-order valence-corrected chi connectivity index (χ1v) is 13.1. The zero-order valence-corrected chi connectivity index (χ0v) is 22.5. The molecule has 2 aromatic heterocycles. The Morgan fingerprint density at radius 3 is 2.53 bits per heavy atom. The quantitative estimate of drug-likeness (QED) is 0.468. The molecule has 1 atom stereocenters. The van der Waals surface area contributed by atoms with Crippen LogP contribution >= 0.6 is 11.6 Å². The number of aromatic nitrogens is 3. The molecule has 36 heavy (non-hydrogen) atoms. The van der Waals surface area contributed by atoms with Crippen LogP contribution in [0.15, 0.2) is 30.7 Å². The van der Waals surface area contributed by atoms with E-state index in [1.165, 1.54) is 12.8 Å². The van der Waals surface area contributed by atoms with E-state index in [-0.39, 0.29) is 12.1 Å². The maximum Gasteiger partial charge on any atom is 0.410 e. The van der Waals surface area contributed by atoms with Crippen molar-refractivity contribution in [1.82, 2.24) is 19.4 Å². The number of hydrogen-bond donors (Lipinski definition) is 0. The molecule has 0 saturated carbocycles. The first kappa shape index (κ1) is 24.7. The number of amides is 1. The first-order valence-electron chi connectivity index (χ1n) is 12.7. The lowest BCUT2D eigenvalue weighted by Gasteiger charge is -2.41. The second kappa shape index (κ2) is 9.47. The molecular formula is C27H35ClN6O2. The van der Waals surface area contributed by atoms with Crippen molar-refractivity contribution >= 4 is 40.2 Å². The van der Waals surface area contributed by atoms with E-state index in [0.29, 0.717) is 24.7 Å². The molecule has 0 N–H and O–H groups in total. The van der Waals surface area contributed by atoms with Crippen LogP contribution in [0, 0.1) is 6.92 Å². The van der Waals surface area contributed by atoms with Crippen molar-refractivity contribution in [1.29, 1.82) is 0 Å². The van der Waals surface area contributed by atoms with E-state index < -0.39 is 5.60 Å².